The molecule has 1 amide bonds. The third-order valence-corrected chi connectivity index (χ3v) is 4.37. The van der Waals surface area contributed by atoms with Gasteiger partial charge < -0.3 is 29.1 Å². The predicted molar refractivity (Wildman–Crippen MR) is 102 cm³/mol. The molecular formula is C21H18NO7-. The van der Waals surface area contributed by atoms with Gasteiger partial charge in [0.2, 0.25) is 0 Å². The SMILES string of the molecule is COc1ccc([C@@H](CC(=O)[O-])NC(=O)c2cc3ccccc3oc2=O)cc1OC. The van der Waals surface area contributed by atoms with Crippen molar-refractivity contribution in [2.24, 2.45) is 0 Å². The molecule has 0 bridgehead atoms. The van der Waals surface area contributed by atoms with E-state index in [1.807, 2.05) is 0 Å². The van der Waals surface area contributed by atoms with Gasteiger partial charge in [0.1, 0.15) is 11.1 Å². The lowest BCUT2D eigenvalue weighted by molar-refractivity contribution is -0.306. The second-order valence-corrected chi connectivity index (χ2v) is 6.20. The second-order valence-electron chi connectivity index (χ2n) is 6.20. The number of para-hydroxylation sites is 1. The third-order valence-electron chi connectivity index (χ3n) is 4.37. The van der Waals surface area contributed by atoms with Crippen LogP contribution < -0.4 is 25.5 Å². The number of methoxy groups -OCH3 is 2. The molecule has 29 heavy (non-hydrogen) atoms. The van der Waals surface area contributed by atoms with Crippen molar-refractivity contribution >= 4 is 22.8 Å². The molecule has 3 rings (SSSR count). The van der Waals surface area contributed by atoms with Crippen molar-refractivity contribution in [2.75, 3.05) is 14.2 Å². The van der Waals surface area contributed by atoms with Gasteiger partial charge in [-0.3, -0.25) is 4.79 Å². The number of fused-ring (bicyclic) bond motifs is 1. The number of benzene rings is 2. The van der Waals surface area contributed by atoms with Crippen LogP contribution in [0.5, 0.6) is 11.5 Å². The molecule has 1 heterocycles. The topological polar surface area (TPSA) is 118 Å². The number of hydrogen-bond acceptors (Lipinski definition) is 7. The number of amides is 1. The molecule has 1 atom stereocenters. The van der Waals surface area contributed by atoms with Gasteiger partial charge in [0.15, 0.2) is 11.5 Å². The average Bonchev–Trinajstić information content (AvgIpc) is 2.71. The van der Waals surface area contributed by atoms with Crippen LogP contribution in [0.1, 0.15) is 28.4 Å². The summed E-state index contributed by atoms with van der Waals surface area (Å²) < 4.78 is 15.6. The number of ether oxygens (including phenoxy) is 2. The van der Waals surface area contributed by atoms with E-state index < -0.39 is 30.0 Å². The maximum Gasteiger partial charge on any atom is 0.349 e. The molecule has 3 aromatic rings. The van der Waals surface area contributed by atoms with Crippen molar-refractivity contribution in [1.29, 1.82) is 0 Å². The quantitative estimate of drug-likeness (QED) is 0.600. The molecule has 0 aliphatic heterocycles. The normalized spacial score (nSPS) is 11.7. The Morgan fingerprint density at radius 2 is 1.79 bits per heavy atom. The Labute approximate surface area is 165 Å². The van der Waals surface area contributed by atoms with Gasteiger partial charge in [-0.2, -0.15) is 0 Å². The van der Waals surface area contributed by atoms with Gasteiger partial charge in [-0.25, -0.2) is 4.79 Å². The first-order valence-electron chi connectivity index (χ1n) is 8.68. The molecule has 0 aliphatic rings. The molecule has 8 heteroatoms. The molecule has 8 nitrogen and oxygen atoms in total. The number of carboxylic acids is 1. The van der Waals surface area contributed by atoms with Crippen LogP contribution in [0.3, 0.4) is 0 Å². The predicted octanol–water partition coefficient (Wildman–Crippen LogP) is 1.42. The molecule has 0 unspecified atom stereocenters. The van der Waals surface area contributed by atoms with Crippen molar-refractivity contribution in [3.8, 4) is 11.5 Å². The maximum absolute atomic E-state index is 12.7. The van der Waals surface area contributed by atoms with Gasteiger partial charge in [-0.1, -0.05) is 24.3 Å². The molecular weight excluding hydrogens is 378 g/mol. The zero-order chi connectivity index (χ0) is 21.0. The lowest BCUT2D eigenvalue weighted by Crippen LogP contribution is -2.36. The summed E-state index contributed by atoms with van der Waals surface area (Å²) in [6, 6.07) is 11.9. The van der Waals surface area contributed by atoms with E-state index in [1.54, 1.807) is 42.5 Å². The summed E-state index contributed by atoms with van der Waals surface area (Å²) >= 11 is 0. The molecule has 0 saturated heterocycles. The van der Waals surface area contributed by atoms with E-state index in [4.69, 9.17) is 13.9 Å². The molecule has 1 aromatic heterocycles. The monoisotopic (exact) mass is 396 g/mol. The zero-order valence-corrected chi connectivity index (χ0v) is 15.8. The number of hydrogen-bond donors (Lipinski definition) is 1. The van der Waals surface area contributed by atoms with E-state index >= 15 is 0 Å². The van der Waals surface area contributed by atoms with Crippen molar-refractivity contribution in [3.63, 3.8) is 0 Å². The Balaban J connectivity index is 1.95. The summed E-state index contributed by atoms with van der Waals surface area (Å²) in [7, 11) is 2.91. The highest BCUT2D eigenvalue weighted by molar-refractivity contribution is 5.97. The number of carbonyl (C=O) groups excluding carboxylic acids is 2. The van der Waals surface area contributed by atoms with E-state index in [1.165, 1.54) is 20.3 Å². The molecule has 0 spiro atoms. The van der Waals surface area contributed by atoms with E-state index in [2.05, 4.69) is 5.32 Å². The van der Waals surface area contributed by atoms with Crippen LogP contribution in [0.2, 0.25) is 0 Å². The number of carbonyl (C=O) groups is 2. The van der Waals surface area contributed by atoms with Crippen molar-refractivity contribution in [1.82, 2.24) is 5.32 Å². The third kappa shape index (κ3) is 4.37. The van der Waals surface area contributed by atoms with Crippen LogP contribution in [-0.4, -0.2) is 26.1 Å². The van der Waals surface area contributed by atoms with Gasteiger partial charge in [0.05, 0.1) is 20.3 Å². The Hall–Kier alpha value is -3.81. The summed E-state index contributed by atoms with van der Waals surface area (Å²) in [5.74, 6) is -1.31. The molecule has 150 valence electrons. The Bertz CT molecular complexity index is 1120. The molecule has 0 fully saturated rings. The first kappa shape index (κ1) is 19.9. The Kier molecular flexibility index (Phi) is 5.82. The van der Waals surface area contributed by atoms with Crippen LogP contribution in [0, 0.1) is 0 Å². The molecule has 1 N–H and O–H groups in total. The average molecular weight is 396 g/mol. The number of carboxylic acid groups (broad SMARTS) is 1. The standard InChI is InChI=1S/C21H19NO7/c1-27-17-8-7-12(10-18(17)28-2)15(11-19(23)24)22-20(25)14-9-13-5-3-4-6-16(13)29-21(14)26/h3-10,15H,11H2,1-2H3,(H,22,25)(H,23,24)/p-1/t15-/m1/s1. The fourth-order valence-electron chi connectivity index (χ4n) is 2.94. The second kappa shape index (κ2) is 8.47. The van der Waals surface area contributed by atoms with E-state index in [9.17, 15) is 19.5 Å². The largest absolute Gasteiger partial charge is 0.550 e. The van der Waals surface area contributed by atoms with Crippen molar-refractivity contribution in [3.05, 3.63) is 70.1 Å². The van der Waals surface area contributed by atoms with Gasteiger partial charge in [-0.15, -0.1) is 0 Å². The van der Waals surface area contributed by atoms with Crippen LogP contribution >= 0.6 is 0 Å². The fraction of sp³-hybridized carbons (Fsp3) is 0.190. The zero-order valence-electron chi connectivity index (χ0n) is 15.8. The van der Waals surface area contributed by atoms with Crippen LogP contribution in [-0.2, 0) is 4.79 Å². The minimum Gasteiger partial charge on any atom is -0.550 e. The van der Waals surface area contributed by atoms with Crippen LogP contribution in [0.15, 0.2) is 57.7 Å². The van der Waals surface area contributed by atoms with Crippen molar-refractivity contribution in [2.45, 2.75) is 12.5 Å². The summed E-state index contributed by atoms with van der Waals surface area (Å²) in [4.78, 5) is 36.1. The van der Waals surface area contributed by atoms with Gasteiger partial charge in [0, 0.05) is 17.8 Å². The van der Waals surface area contributed by atoms with E-state index in [0.717, 1.165) is 0 Å². The summed E-state index contributed by atoms with van der Waals surface area (Å²) in [6.45, 7) is 0. The Morgan fingerprint density at radius 3 is 2.48 bits per heavy atom. The van der Waals surface area contributed by atoms with E-state index in [-0.39, 0.29) is 5.56 Å². The van der Waals surface area contributed by atoms with Gasteiger partial charge >= 0.3 is 5.63 Å². The maximum atomic E-state index is 12.7. The molecule has 0 radical (unpaired) electrons. The lowest BCUT2D eigenvalue weighted by Gasteiger charge is -2.21. The first-order chi connectivity index (χ1) is 13.9. The Morgan fingerprint density at radius 1 is 1.07 bits per heavy atom. The van der Waals surface area contributed by atoms with Crippen LogP contribution in [0.4, 0.5) is 0 Å². The smallest absolute Gasteiger partial charge is 0.349 e. The highest BCUT2D eigenvalue weighted by atomic mass is 16.5. The highest BCUT2D eigenvalue weighted by Crippen LogP contribution is 2.31. The summed E-state index contributed by atoms with van der Waals surface area (Å²) in [5.41, 5.74) is -0.251. The summed E-state index contributed by atoms with van der Waals surface area (Å²) in [6.07, 6.45) is -0.500. The van der Waals surface area contributed by atoms with Crippen LogP contribution in [0.25, 0.3) is 11.0 Å². The molecule has 0 aliphatic carbocycles. The molecule has 0 saturated carbocycles. The minimum absolute atomic E-state index is 0.229. The summed E-state index contributed by atoms with van der Waals surface area (Å²) in [5, 5.41) is 14.4. The highest BCUT2D eigenvalue weighted by Gasteiger charge is 2.21. The van der Waals surface area contributed by atoms with Gasteiger partial charge in [-0.05, 0) is 29.8 Å². The number of aliphatic carboxylic acids is 1. The van der Waals surface area contributed by atoms with E-state index in [0.29, 0.717) is 28.0 Å². The molecule has 2 aromatic carbocycles. The van der Waals surface area contributed by atoms with Gasteiger partial charge in [0.25, 0.3) is 5.91 Å². The minimum atomic E-state index is -1.37. The number of nitrogens with one attached hydrogen (secondary N) is 1. The number of rotatable bonds is 7. The fourth-order valence-corrected chi connectivity index (χ4v) is 2.94. The first-order valence-corrected chi connectivity index (χ1v) is 8.68. The van der Waals surface area contributed by atoms with Crippen molar-refractivity contribution < 1.29 is 28.6 Å². The lowest BCUT2D eigenvalue weighted by atomic mass is 10.0.